The summed E-state index contributed by atoms with van der Waals surface area (Å²) in [5, 5.41) is 7.98. The Morgan fingerprint density at radius 2 is 1.89 bits per heavy atom. The molecule has 0 aromatic heterocycles. The highest BCUT2D eigenvalue weighted by Crippen LogP contribution is 2.26. The summed E-state index contributed by atoms with van der Waals surface area (Å²) in [7, 11) is 0. The fourth-order valence-corrected chi connectivity index (χ4v) is 2.59. The molecule has 3 N–H and O–H groups in total. The molecule has 0 aliphatic heterocycles. The van der Waals surface area contributed by atoms with E-state index in [0.717, 1.165) is 4.90 Å². The summed E-state index contributed by atoms with van der Waals surface area (Å²) in [5.74, 6) is -0.193. The van der Waals surface area contributed by atoms with Crippen LogP contribution in [0.3, 0.4) is 0 Å². The number of amidine groups is 1. The molecule has 0 atom stereocenters. The van der Waals surface area contributed by atoms with Crippen molar-refractivity contribution in [2.24, 2.45) is 5.73 Å². The standard InChI is InChI=1S/C14H12ClFN2S/c15-10-4-6-11(7-5-10)19-8-9-2-1-3-12(13(9)16)14(17)18/h1-7H,8H2,(H3,17,18). The van der Waals surface area contributed by atoms with E-state index in [4.69, 9.17) is 22.7 Å². The molecule has 19 heavy (non-hydrogen) atoms. The number of halogens is 2. The predicted octanol–water partition coefficient (Wildman–Crippen LogP) is 4.06. The molecule has 2 rings (SSSR count). The van der Waals surface area contributed by atoms with Crippen molar-refractivity contribution in [2.75, 3.05) is 0 Å². The number of nitrogen functional groups attached to an aromatic ring is 1. The van der Waals surface area contributed by atoms with Gasteiger partial charge >= 0.3 is 0 Å². The molecule has 0 fully saturated rings. The Morgan fingerprint density at radius 1 is 1.21 bits per heavy atom. The molecule has 0 saturated heterocycles. The molecule has 0 bridgehead atoms. The van der Waals surface area contributed by atoms with E-state index >= 15 is 0 Å². The van der Waals surface area contributed by atoms with E-state index in [1.54, 1.807) is 24.3 Å². The number of hydrogen-bond donors (Lipinski definition) is 2. The molecule has 0 radical (unpaired) electrons. The first-order chi connectivity index (χ1) is 9.08. The van der Waals surface area contributed by atoms with Crippen molar-refractivity contribution in [1.82, 2.24) is 0 Å². The number of nitrogens with one attached hydrogen (secondary N) is 1. The Hall–Kier alpha value is -1.52. The molecule has 0 saturated carbocycles. The number of hydrogen-bond acceptors (Lipinski definition) is 2. The molecule has 0 unspecified atom stereocenters. The van der Waals surface area contributed by atoms with Crippen LogP contribution in [-0.2, 0) is 5.75 Å². The summed E-state index contributed by atoms with van der Waals surface area (Å²) < 4.78 is 14.0. The maximum absolute atomic E-state index is 14.0. The van der Waals surface area contributed by atoms with Crippen LogP contribution in [0.5, 0.6) is 0 Å². The van der Waals surface area contributed by atoms with Crippen molar-refractivity contribution in [1.29, 1.82) is 5.41 Å². The molecule has 0 amide bonds. The van der Waals surface area contributed by atoms with Crippen LogP contribution in [0, 0.1) is 11.2 Å². The van der Waals surface area contributed by atoms with Gasteiger partial charge in [0.1, 0.15) is 11.7 Å². The van der Waals surface area contributed by atoms with Gasteiger partial charge in [-0.2, -0.15) is 0 Å². The Balaban J connectivity index is 2.13. The van der Waals surface area contributed by atoms with Gasteiger partial charge in [-0.15, -0.1) is 11.8 Å². The van der Waals surface area contributed by atoms with Gasteiger partial charge in [-0.1, -0.05) is 23.7 Å². The lowest BCUT2D eigenvalue weighted by Crippen LogP contribution is -2.14. The summed E-state index contributed by atoms with van der Waals surface area (Å²) in [4.78, 5) is 1.01. The van der Waals surface area contributed by atoms with Crippen molar-refractivity contribution in [3.05, 3.63) is 64.4 Å². The molecular weight excluding hydrogens is 283 g/mol. The van der Waals surface area contributed by atoms with Gasteiger partial charge in [0.2, 0.25) is 0 Å². The normalized spacial score (nSPS) is 10.4. The number of benzene rings is 2. The molecule has 2 nitrogen and oxygen atoms in total. The monoisotopic (exact) mass is 294 g/mol. The average Bonchev–Trinajstić information content (AvgIpc) is 2.39. The van der Waals surface area contributed by atoms with Gasteiger partial charge in [0.25, 0.3) is 0 Å². The molecule has 0 heterocycles. The fraction of sp³-hybridized carbons (Fsp3) is 0.0714. The predicted molar refractivity (Wildman–Crippen MR) is 78.4 cm³/mol. The van der Waals surface area contributed by atoms with Gasteiger partial charge in [0.15, 0.2) is 0 Å². The third kappa shape index (κ3) is 3.49. The maximum atomic E-state index is 14.0. The van der Waals surface area contributed by atoms with E-state index in [9.17, 15) is 4.39 Å². The minimum Gasteiger partial charge on any atom is -0.384 e. The van der Waals surface area contributed by atoms with E-state index in [1.807, 2.05) is 12.1 Å². The van der Waals surface area contributed by atoms with E-state index in [0.29, 0.717) is 16.3 Å². The molecule has 0 aliphatic carbocycles. The summed E-state index contributed by atoms with van der Waals surface area (Å²) in [6, 6.07) is 12.3. The third-order valence-electron chi connectivity index (χ3n) is 2.58. The van der Waals surface area contributed by atoms with E-state index < -0.39 is 5.82 Å². The van der Waals surface area contributed by atoms with Crippen molar-refractivity contribution >= 4 is 29.2 Å². The van der Waals surface area contributed by atoms with Gasteiger partial charge < -0.3 is 5.73 Å². The zero-order valence-corrected chi connectivity index (χ0v) is 11.6. The summed E-state index contributed by atoms with van der Waals surface area (Å²) in [6.07, 6.45) is 0. The molecule has 2 aromatic rings. The fourth-order valence-electron chi connectivity index (χ4n) is 1.59. The summed E-state index contributed by atoms with van der Waals surface area (Å²) >= 11 is 7.31. The highest BCUT2D eigenvalue weighted by atomic mass is 35.5. The Morgan fingerprint density at radius 3 is 2.53 bits per heavy atom. The van der Waals surface area contributed by atoms with Crippen LogP contribution in [0.15, 0.2) is 47.4 Å². The maximum Gasteiger partial charge on any atom is 0.138 e. The van der Waals surface area contributed by atoms with Gasteiger partial charge in [-0.3, -0.25) is 5.41 Å². The minimum absolute atomic E-state index is 0.147. The third-order valence-corrected chi connectivity index (χ3v) is 3.89. The van der Waals surface area contributed by atoms with Crippen molar-refractivity contribution in [2.45, 2.75) is 10.6 Å². The van der Waals surface area contributed by atoms with Crippen LogP contribution in [0.2, 0.25) is 5.02 Å². The zero-order chi connectivity index (χ0) is 13.8. The van der Waals surface area contributed by atoms with Crippen LogP contribution >= 0.6 is 23.4 Å². The van der Waals surface area contributed by atoms with Gasteiger partial charge in [0, 0.05) is 15.7 Å². The second-order valence-corrected chi connectivity index (χ2v) is 5.42. The van der Waals surface area contributed by atoms with Crippen LogP contribution in [0.1, 0.15) is 11.1 Å². The quantitative estimate of drug-likeness (QED) is 0.507. The SMILES string of the molecule is N=C(N)c1cccc(CSc2ccc(Cl)cc2)c1F. The molecular formula is C14H12ClFN2S. The first kappa shape index (κ1) is 13.9. The van der Waals surface area contributed by atoms with Gasteiger partial charge in [0.05, 0.1) is 5.56 Å². The van der Waals surface area contributed by atoms with Crippen LogP contribution < -0.4 is 5.73 Å². The van der Waals surface area contributed by atoms with Crippen LogP contribution in [0.25, 0.3) is 0 Å². The Kier molecular flexibility index (Phi) is 4.45. The van der Waals surface area contributed by atoms with Crippen LogP contribution in [-0.4, -0.2) is 5.84 Å². The molecule has 0 spiro atoms. The first-order valence-corrected chi connectivity index (χ1v) is 6.94. The Bertz CT molecular complexity index is 599. The molecule has 0 aliphatic rings. The summed E-state index contributed by atoms with van der Waals surface area (Å²) in [6.45, 7) is 0. The molecule has 5 heteroatoms. The first-order valence-electron chi connectivity index (χ1n) is 5.58. The average molecular weight is 295 g/mol. The lowest BCUT2D eigenvalue weighted by Gasteiger charge is -2.07. The van der Waals surface area contributed by atoms with Crippen molar-refractivity contribution < 1.29 is 4.39 Å². The second kappa shape index (κ2) is 6.08. The smallest absolute Gasteiger partial charge is 0.138 e. The van der Waals surface area contributed by atoms with Crippen LogP contribution in [0.4, 0.5) is 4.39 Å². The zero-order valence-electron chi connectivity index (χ0n) is 9.99. The van der Waals surface area contributed by atoms with Crippen molar-refractivity contribution in [3.63, 3.8) is 0 Å². The van der Waals surface area contributed by atoms with Gasteiger partial charge in [-0.25, -0.2) is 4.39 Å². The topological polar surface area (TPSA) is 49.9 Å². The van der Waals surface area contributed by atoms with E-state index in [-0.39, 0.29) is 11.4 Å². The largest absolute Gasteiger partial charge is 0.384 e. The Labute approximate surface area is 120 Å². The lowest BCUT2D eigenvalue weighted by atomic mass is 10.1. The van der Waals surface area contributed by atoms with Crippen molar-refractivity contribution in [3.8, 4) is 0 Å². The second-order valence-electron chi connectivity index (χ2n) is 3.93. The molecule has 2 aromatic carbocycles. The number of thioether (sulfide) groups is 1. The lowest BCUT2D eigenvalue weighted by molar-refractivity contribution is 0.614. The van der Waals surface area contributed by atoms with E-state index in [2.05, 4.69) is 0 Å². The van der Waals surface area contributed by atoms with Gasteiger partial charge in [-0.05, 0) is 35.9 Å². The highest BCUT2D eigenvalue weighted by Gasteiger charge is 2.10. The number of rotatable bonds is 4. The molecule has 98 valence electrons. The number of nitrogens with two attached hydrogens (primary N) is 1. The van der Waals surface area contributed by atoms with E-state index in [1.165, 1.54) is 17.8 Å². The summed E-state index contributed by atoms with van der Waals surface area (Å²) in [5.41, 5.74) is 6.01. The minimum atomic E-state index is -0.420. The highest BCUT2D eigenvalue weighted by molar-refractivity contribution is 7.98.